The van der Waals surface area contributed by atoms with Crippen molar-refractivity contribution in [2.24, 2.45) is 11.7 Å². The van der Waals surface area contributed by atoms with Gasteiger partial charge in [-0.3, -0.25) is 4.79 Å². The van der Waals surface area contributed by atoms with Crippen molar-refractivity contribution in [2.75, 3.05) is 18.6 Å². The lowest BCUT2D eigenvalue weighted by Crippen LogP contribution is -2.33. The molecule has 0 aliphatic rings. The van der Waals surface area contributed by atoms with Gasteiger partial charge in [-0.05, 0) is 24.3 Å². The van der Waals surface area contributed by atoms with Gasteiger partial charge < -0.3 is 10.5 Å². The molecule has 3 nitrogen and oxygen atoms in total. The fourth-order valence-electron chi connectivity index (χ4n) is 0.719. The van der Waals surface area contributed by atoms with E-state index in [1.165, 1.54) is 0 Å². The van der Waals surface area contributed by atoms with Gasteiger partial charge in [0.1, 0.15) is 6.04 Å². The quantitative estimate of drug-likeness (QED) is 0.663. The molecule has 0 heterocycles. The summed E-state index contributed by atoms with van der Waals surface area (Å²) >= 11 is 1.68. The molecule has 13 heavy (non-hydrogen) atoms. The fourth-order valence-corrected chi connectivity index (χ4v) is 1.21. The van der Waals surface area contributed by atoms with E-state index in [1.807, 2.05) is 20.1 Å². The first-order chi connectivity index (χ1) is 6.07. The summed E-state index contributed by atoms with van der Waals surface area (Å²) in [7, 11) is 0. The molecule has 0 aromatic rings. The molecule has 0 aromatic carbocycles. The maximum absolute atomic E-state index is 11.2. The third kappa shape index (κ3) is 6.90. The molecule has 0 spiro atoms. The minimum atomic E-state index is -0.453. The molecule has 0 aliphatic carbocycles. The molecule has 2 N–H and O–H groups in total. The Bertz CT molecular complexity index is 151. The van der Waals surface area contributed by atoms with E-state index >= 15 is 0 Å². The Balaban J connectivity index is 3.57. The molecule has 0 fully saturated rings. The summed E-state index contributed by atoms with van der Waals surface area (Å²) in [6.45, 7) is 4.47. The SMILES string of the molecule is CSCCC(N)C(=O)OCC(C)C. The van der Waals surface area contributed by atoms with Gasteiger partial charge in [0.15, 0.2) is 0 Å². The monoisotopic (exact) mass is 205 g/mol. The Morgan fingerprint density at radius 1 is 1.54 bits per heavy atom. The summed E-state index contributed by atoms with van der Waals surface area (Å²) in [5.41, 5.74) is 5.60. The van der Waals surface area contributed by atoms with Gasteiger partial charge in [0, 0.05) is 0 Å². The van der Waals surface area contributed by atoms with E-state index in [1.54, 1.807) is 11.8 Å². The van der Waals surface area contributed by atoms with Crippen LogP contribution in [0.15, 0.2) is 0 Å². The molecule has 0 saturated heterocycles. The number of ether oxygens (including phenoxy) is 1. The maximum atomic E-state index is 11.2. The van der Waals surface area contributed by atoms with Crippen LogP contribution >= 0.6 is 11.8 Å². The molecule has 1 unspecified atom stereocenters. The first-order valence-electron chi connectivity index (χ1n) is 4.49. The molecular weight excluding hydrogens is 186 g/mol. The van der Waals surface area contributed by atoms with Crippen molar-refractivity contribution in [3.8, 4) is 0 Å². The molecule has 4 heteroatoms. The predicted molar refractivity (Wildman–Crippen MR) is 56.8 cm³/mol. The number of hydrogen-bond acceptors (Lipinski definition) is 4. The standard InChI is InChI=1S/C9H19NO2S/c1-7(2)6-12-9(11)8(10)4-5-13-3/h7-8H,4-6,10H2,1-3H3. The number of carbonyl (C=O) groups is 1. The van der Waals surface area contributed by atoms with E-state index in [0.717, 1.165) is 5.75 Å². The zero-order chi connectivity index (χ0) is 10.3. The lowest BCUT2D eigenvalue weighted by molar-refractivity contribution is -0.146. The van der Waals surface area contributed by atoms with Gasteiger partial charge in [-0.2, -0.15) is 11.8 Å². The highest BCUT2D eigenvalue weighted by Gasteiger charge is 2.14. The minimum Gasteiger partial charge on any atom is -0.464 e. The second-order valence-corrected chi connectivity index (χ2v) is 4.40. The summed E-state index contributed by atoms with van der Waals surface area (Å²) < 4.78 is 4.99. The van der Waals surface area contributed by atoms with Crippen LogP contribution in [0.25, 0.3) is 0 Å². The van der Waals surface area contributed by atoms with Crippen molar-refractivity contribution in [3.63, 3.8) is 0 Å². The van der Waals surface area contributed by atoms with Gasteiger partial charge in [-0.25, -0.2) is 0 Å². The van der Waals surface area contributed by atoms with E-state index < -0.39 is 6.04 Å². The molecule has 0 aromatic heterocycles. The highest BCUT2D eigenvalue weighted by atomic mass is 32.2. The van der Waals surface area contributed by atoms with Crippen LogP contribution in [-0.4, -0.2) is 30.6 Å². The normalized spacial score (nSPS) is 13.0. The number of hydrogen-bond donors (Lipinski definition) is 1. The van der Waals surface area contributed by atoms with Crippen molar-refractivity contribution in [1.82, 2.24) is 0 Å². The Kier molecular flexibility index (Phi) is 7.09. The summed E-state index contributed by atoms with van der Waals surface area (Å²) in [5.74, 6) is 0.997. The summed E-state index contributed by atoms with van der Waals surface area (Å²) in [5, 5.41) is 0. The van der Waals surface area contributed by atoms with Crippen LogP contribution in [0, 0.1) is 5.92 Å². The van der Waals surface area contributed by atoms with Crippen LogP contribution in [0.3, 0.4) is 0 Å². The lowest BCUT2D eigenvalue weighted by Gasteiger charge is -2.11. The van der Waals surface area contributed by atoms with E-state index in [2.05, 4.69) is 0 Å². The Morgan fingerprint density at radius 3 is 2.62 bits per heavy atom. The number of carbonyl (C=O) groups excluding carboxylic acids is 1. The number of nitrogens with two attached hydrogens (primary N) is 1. The third-order valence-corrected chi connectivity index (χ3v) is 2.14. The smallest absolute Gasteiger partial charge is 0.322 e. The Hall–Kier alpha value is -0.220. The summed E-state index contributed by atoms with van der Waals surface area (Å²) in [6.07, 6.45) is 2.68. The van der Waals surface area contributed by atoms with Gasteiger partial charge in [-0.15, -0.1) is 0 Å². The molecule has 0 rings (SSSR count). The zero-order valence-corrected chi connectivity index (χ0v) is 9.39. The van der Waals surface area contributed by atoms with E-state index in [0.29, 0.717) is 18.9 Å². The second-order valence-electron chi connectivity index (χ2n) is 3.41. The molecule has 0 bridgehead atoms. The first kappa shape index (κ1) is 12.8. The van der Waals surface area contributed by atoms with Crippen LogP contribution in [0.1, 0.15) is 20.3 Å². The van der Waals surface area contributed by atoms with Gasteiger partial charge in [-0.1, -0.05) is 13.8 Å². The van der Waals surface area contributed by atoms with Gasteiger partial charge in [0.2, 0.25) is 0 Å². The first-order valence-corrected chi connectivity index (χ1v) is 5.88. The van der Waals surface area contributed by atoms with Crippen molar-refractivity contribution in [3.05, 3.63) is 0 Å². The molecule has 1 atom stereocenters. The van der Waals surface area contributed by atoms with Crippen LogP contribution in [-0.2, 0) is 9.53 Å². The lowest BCUT2D eigenvalue weighted by atomic mass is 10.2. The molecule has 78 valence electrons. The number of rotatable bonds is 6. The highest BCUT2D eigenvalue weighted by molar-refractivity contribution is 7.98. The Labute approximate surface area is 84.4 Å². The molecule has 0 aliphatic heterocycles. The second kappa shape index (κ2) is 7.21. The van der Waals surface area contributed by atoms with Crippen molar-refractivity contribution in [2.45, 2.75) is 26.3 Å². The average molecular weight is 205 g/mol. The van der Waals surface area contributed by atoms with E-state index in [-0.39, 0.29) is 5.97 Å². The van der Waals surface area contributed by atoms with Crippen LogP contribution in [0.2, 0.25) is 0 Å². The molecule has 0 radical (unpaired) electrons. The van der Waals surface area contributed by atoms with Crippen molar-refractivity contribution in [1.29, 1.82) is 0 Å². The van der Waals surface area contributed by atoms with E-state index in [9.17, 15) is 4.79 Å². The topological polar surface area (TPSA) is 52.3 Å². The van der Waals surface area contributed by atoms with Crippen LogP contribution in [0.5, 0.6) is 0 Å². The Morgan fingerprint density at radius 2 is 2.15 bits per heavy atom. The highest BCUT2D eigenvalue weighted by Crippen LogP contribution is 2.01. The molecular formula is C9H19NO2S. The van der Waals surface area contributed by atoms with Gasteiger partial charge in [0.05, 0.1) is 6.61 Å². The van der Waals surface area contributed by atoms with Crippen LogP contribution < -0.4 is 5.73 Å². The summed E-state index contributed by atoms with van der Waals surface area (Å²) in [4.78, 5) is 11.2. The van der Waals surface area contributed by atoms with Crippen molar-refractivity contribution < 1.29 is 9.53 Å². The van der Waals surface area contributed by atoms with Gasteiger partial charge in [0.25, 0.3) is 0 Å². The molecule has 0 amide bonds. The zero-order valence-electron chi connectivity index (χ0n) is 8.58. The summed E-state index contributed by atoms with van der Waals surface area (Å²) in [6, 6.07) is -0.453. The predicted octanol–water partition coefficient (Wildman–Crippen LogP) is 1.27. The van der Waals surface area contributed by atoms with Crippen molar-refractivity contribution >= 4 is 17.7 Å². The molecule has 0 saturated carbocycles. The fraction of sp³-hybridized carbons (Fsp3) is 0.889. The van der Waals surface area contributed by atoms with Crippen LogP contribution in [0.4, 0.5) is 0 Å². The number of esters is 1. The average Bonchev–Trinajstić information content (AvgIpc) is 2.10. The van der Waals surface area contributed by atoms with E-state index in [4.69, 9.17) is 10.5 Å². The largest absolute Gasteiger partial charge is 0.464 e. The third-order valence-electron chi connectivity index (χ3n) is 1.49. The number of thioether (sulfide) groups is 1. The maximum Gasteiger partial charge on any atom is 0.322 e. The minimum absolute atomic E-state index is 0.275. The van der Waals surface area contributed by atoms with Gasteiger partial charge >= 0.3 is 5.97 Å².